The SMILES string of the molecule is C[C@@H]1CC[C@@H](C(=O)Nc2cncc(Cl)c2Cl)O1. The number of rotatable bonds is 2. The molecule has 0 unspecified atom stereocenters. The summed E-state index contributed by atoms with van der Waals surface area (Å²) in [6, 6.07) is 0. The van der Waals surface area contributed by atoms with Gasteiger partial charge in [-0.25, -0.2) is 0 Å². The van der Waals surface area contributed by atoms with Crippen LogP contribution in [0.15, 0.2) is 12.4 Å². The molecule has 6 heteroatoms. The summed E-state index contributed by atoms with van der Waals surface area (Å²) in [5.41, 5.74) is 0.410. The van der Waals surface area contributed by atoms with Crippen LogP contribution in [0.1, 0.15) is 19.8 Å². The number of nitrogens with one attached hydrogen (secondary N) is 1. The summed E-state index contributed by atoms with van der Waals surface area (Å²) in [6.45, 7) is 1.95. The fraction of sp³-hybridized carbons (Fsp3) is 0.455. The molecule has 1 saturated heterocycles. The zero-order valence-corrected chi connectivity index (χ0v) is 10.8. The van der Waals surface area contributed by atoms with E-state index in [0.717, 1.165) is 12.8 Å². The second kappa shape index (κ2) is 5.21. The smallest absolute Gasteiger partial charge is 0.253 e. The molecule has 0 saturated carbocycles. The van der Waals surface area contributed by atoms with E-state index in [2.05, 4.69) is 10.3 Å². The van der Waals surface area contributed by atoms with Crippen molar-refractivity contribution in [2.24, 2.45) is 0 Å². The van der Waals surface area contributed by atoms with Crippen LogP contribution in [0.5, 0.6) is 0 Å². The molecular formula is C11H12Cl2N2O2. The number of nitrogens with zero attached hydrogens (tertiary/aromatic N) is 1. The van der Waals surface area contributed by atoms with Crippen LogP contribution in [0.4, 0.5) is 5.69 Å². The molecule has 2 rings (SSSR count). The normalized spacial score (nSPS) is 23.7. The van der Waals surface area contributed by atoms with Gasteiger partial charge in [0.15, 0.2) is 0 Å². The predicted molar refractivity (Wildman–Crippen MR) is 66.5 cm³/mol. The van der Waals surface area contributed by atoms with Crippen LogP contribution in [0.25, 0.3) is 0 Å². The van der Waals surface area contributed by atoms with Gasteiger partial charge in [-0.1, -0.05) is 23.2 Å². The van der Waals surface area contributed by atoms with Crippen LogP contribution in [0.2, 0.25) is 10.0 Å². The summed E-state index contributed by atoms with van der Waals surface area (Å²) < 4.78 is 5.46. The number of carbonyl (C=O) groups is 1. The van der Waals surface area contributed by atoms with Crippen molar-refractivity contribution in [1.29, 1.82) is 0 Å². The highest BCUT2D eigenvalue weighted by Crippen LogP contribution is 2.29. The molecule has 1 amide bonds. The molecule has 0 bridgehead atoms. The first-order chi connectivity index (χ1) is 8.08. The Morgan fingerprint density at radius 2 is 2.24 bits per heavy atom. The van der Waals surface area contributed by atoms with Crippen molar-refractivity contribution >= 4 is 34.8 Å². The van der Waals surface area contributed by atoms with Gasteiger partial charge < -0.3 is 10.1 Å². The Morgan fingerprint density at radius 3 is 2.88 bits per heavy atom. The van der Waals surface area contributed by atoms with Gasteiger partial charge in [-0.3, -0.25) is 9.78 Å². The van der Waals surface area contributed by atoms with Crippen molar-refractivity contribution in [3.05, 3.63) is 22.4 Å². The molecule has 2 atom stereocenters. The van der Waals surface area contributed by atoms with E-state index in [1.807, 2.05) is 6.92 Å². The van der Waals surface area contributed by atoms with E-state index >= 15 is 0 Å². The number of aromatic nitrogens is 1. The third kappa shape index (κ3) is 2.89. The van der Waals surface area contributed by atoms with Gasteiger partial charge in [-0.15, -0.1) is 0 Å². The molecule has 0 aromatic carbocycles. The van der Waals surface area contributed by atoms with Crippen molar-refractivity contribution in [2.45, 2.75) is 32.0 Å². The first-order valence-electron chi connectivity index (χ1n) is 5.33. The molecule has 4 nitrogen and oxygen atoms in total. The Morgan fingerprint density at radius 1 is 1.47 bits per heavy atom. The number of ether oxygens (including phenoxy) is 1. The first kappa shape index (κ1) is 12.6. The molecule has 92 valence electrons. The Kier molecular flexibility index (Phi) is 3.86. The Labute approximate surface area is 109 Å². The minimum Gasteiger partial charge on any atom is -0.365 e. The molecular weight excluding hydrogens is 263 g/mol. The standard InChI is InChI=1S/C11H12Cl2N2O2/c1-6-2-3-9(17-6)11(16)15-8-5-14-4-7(12)10(8)13/h4-6,9H,2-3H2,1H3,(H,15,16)/t6-,9+/m1/s1. The Balaban J connectivity index is 2.06. The van der Waals surface area contributed by atoms with Gasteiger partial charge in [0.2, 0.25) is 0 Å². The van der Waals surface area contributed by atoms with Crippen LogP contribution in [-0.2, 0) is 9.53 Å². The first-order valence-corrected chi connectivity index (χ1v) is 6.09. The maximum Gasteiger partial charge on any atom is 0.253 e. The molecule has 2 heterocycles. The molecule has 0 spiro atoms. The fourth-order valence-corrected chi connectivity index (χ4v) is 2.02. The molecule has 1 fully saturated rings. The van der Waals surface area contributed by atoms with Crippen molar-refractivity contribution in [3.8, 4) is 0 Å². The monoisotopic (exact) mass is 274 g/mol. The highest BCUT2D eigenvalue weighted by atomic mass is 35.5. The van der Waals surface area contributed by atoms with Crippen LogP contribution < -0.4 is 5.32 Å². The summed E-state index contributed by atoms with van der Waals surface area (Å²) in [4.78, 5) is 15.7. The largest absolute Gasteiger partial charge is 0.365 e. The van der Waals surface area contributed by atoms with Gasteiger partial charge in [0, 0.05) is 6.20 Å². The summed E-state index contributed by atoms with van der Waals surface area (Å²) in [7, 11) is 0. The fourth-order valence-electron chi connectivity index (χ4n) is 1.72. The highest BCUT2D eigenvalue weighted by molar-refractivity contribution is 6.43. The van der Waals surface area contributed by atoms with E-state index in [1.54, 1.807) is 0 Å². The third-order valence-electron chi connectivity index (χ3n) is 2.62. The van der Waals surface area contributed by atoms with Gasteiger partial charge in [0.1, 0.15) is 6.10 Å². The zero-order chi connectivity index (χ0) is 12.4. The average molecular weight is 275 g/mol. The molecule has 1 aromatic heterocycles. The summed E-state index contributed by atoms with van der Waals surface area (Å²) in [5, 5.41) is 3.27. The van der Waals surface area contributed by atoms with Crippen molar-refractivity contribution in [3.63, 3.8) is 0 Å². The molecule has 1 aliphatic heterocycles. The number of halogens is 2. The van der Waals surface area contributed by atoms with Gasteiger partial charge in [-0.05, 0) is 19.8 Å². The van der Waals surface area contributed by atoms with E-state index in [0.29, 0.717) is 15.7 Å². The number of pyridine rings is 1. The van der Waals surface area contributed by atoms with E-state index < -0.39 is 6.10 Å². The number of carbonyl (C=O) groups excluding carboxylic acids is 1. The lowest BCUT2D eigenvalue weighted by Crippen LogP contribution is -2.27. The molecule has 1 aliphatic rings. The van der Waals surface area contributed by atoms with E-state index in [9.17, 15) is 4.79 Å². The van der Waals surface area contributed by atoms with Crippen LogP contribution in [-0.4, -0.2) is 23.1 Å². The Bertz CT molecular complexity index is 439. The number of anilines is 1. The number of hydrogen-bond acceptors (Lipinski definition) is 3. The Hall–Kier alpha value is -0.840. The number of amides is 1. The lowest BCUT2D eigenvalue weighted by Gasteiger charge is -2.12. The third-order valence-corrected chi connectivity index (χ3v) is 3.41. The lowest BCUT2D eigenvalue weighted by molar-refractivity contribution is -0.126. The maximum atomic E-state index is 11.9. The average Bonchev–Trinajstić information content (AvgIpc) is 2.72. The van der Waals surface area contributed by atoms with Crippen molar-refractivity contribution < 1.29 is 9.53 Å². The van der Waals surface area contributed by atoms with Gasteiger partial charge in [-0.2, -0.15) is 0 Å². The molecule has 0 aliphatic carbocycles. The molecule has 1 N–H and O–H groups in total. The van der Waals surface area contributed by atoms with Crippen LogP contribution in [0, 0.1) is 0 Å². The minimum atomic E-state index is -0.417. The van der Waals surface area contributed by atoms with Crippen molar-refractivity contribution in [2.75, 3.05) is 5.32 Å². The quantitative estimate of drug-likeness (QED) is 0.902. The zero-order valence-electron chi connectivity index (χ0n) is 9.24. The summed E-state index contributed by atoms with van der Waals surface area (Å²) in [6.07, 6.45) is 4.20. The van der Waals surface area contributed by atoms with Crippen LogP contribution >= 0.6 is 23.2 Å². The second-order valence-electron chi connectivity index (χ2n) is 3.98. The topological polar surface area (TPSA) is 51.2 Å². The van der Waals surface area contributed by atoms with Gasteiger partial charge >= 0.3 is 0 Å². The van der Waals surface area contributed by atoms with E-state index in [1.165, 1.54) is 12.4 Å². The maximum absolute atomic E-state index is 11.9. The van der Waals surface area contributed by atoms with Gasteiger partial charge in [0.25, 0.3) is 5.91 Å². The predicted octanol–water partition coefficient (Wildman–Crippen LogP) is 2.89. The number of hydrogen-bond donors (Lipinski definition) is 1. The van der Waals surface area contributed by atoms with E-state index in [-0.39, 0.29) is 12.0 Å². The molecule has 0 radical (unpaired) electrons. The lowest BCUT2D eigenvalue weighted by atomic mass is 10.2. The summed E-state index contributed by atoms with van der Waals surface area (Å²) in [5.74, 6) is -0.208. The van der Waals surface area contributed by atoms with Crippen LogP contribution in [0.3, 0.4) is 0 Å². The van der Waals surface area contributed by atoms with Crippen molar-refractivity contribution in [1.82, 2.24) is 4.98 Å². The summed E-state index contributed by atoms with van der Waals surface area (Å²) >= 11 is 11.7. The second-order valence-corrected chi connectivity index (χ2v) is 4.77. The minimum absolute atomic E-state index is 0.124. The molecule has 17 heavy (non-hydrogen) atoms. The highest BCUT2D eigenvalue weighted by Gasteiger charge is 2.28. The van der Waals surface area contributed by atoms with E-state index in [4.69, 9.17) is 27.9 Å². The molecule has 1 aromatic rings. The van der Waals surface area contributed by atoms with Gasteiger partial charge in [0.05, 0.1) is 28.0 Å².